The van der Waals surface area contributed by atoms with Crippen molar-refractivity contribution >= 4 is 17.1 Å². The van der Waals surface area contributed by atoms with Gasteiger partial charge in [0.1, 0.15) is 0 Å². The molecule has 3 heteroatoms. The summed E-state index contributed by atoms with van der Waals surface area (Å²) >= 11 is 1.72. The Bertz CT molecular complexity index is 445. The Morgan fingerprint density at radius 1 is 1.33 bits per heavy atom. The summed E-state index contributed by atoms with van der Waals surface area (Å²) in [5.74, 6) is 0.358. The molecular weight excluding hydrogens is 206 g/mol. The van der Waals surface area contributed by atoms with Crippen LogP contribution >= 0.6 is 11.3 Å². The van der Waals surface area contributed by atoms with Crippen LogP contribution in [0.1, 0.15) is 39.5 Å². The first kappa shape index (κ1) is 9.55. The molecule has 1 N–H and O–H groups in total. The number of nitrogens with one attached hydrogen (secondary N) is 1. The second-order valence-corrected chi connectivity index (χ2v) is 6.23. The number of rotatable bonds is 0. The first-order valence-corrected chi connectivity index (χ1v) is 6.30. The second kappa shape index (κ2) is 2.92. The van der Waals surface area contributed by atoms with E-state index >= 15 is 0 Å². The molecule has 2 aliphatic rings. The van der Waals surface area contributed by atoms with E-state index in [1.165, 1.54) is 16.0 Å². The van der Waals surface area contributed by atoms with Crippen molar-refractivity contribution in [1.29, 1.82) is 0 Å². The molecule has 2 heterocycles. The molecule has 1 aromatic rings. The second-order valence-electron chi connectivity index (χ2n) is 5.13. The Morgan fingerprint density at radius 2 is 2.13 bits per heavy atom. The summed E-state index contributed by atoms with van der Waals surface area (Å²) < 4.78 is 0. The van der Waals surface area contributed by atoms with Gasteiger partial charge < -0.3 is 5.32 Å². The van der Waals surface area contributed by atoms with Gasteiger partial charge >= 0.3 is 0 Å². The molecule has 80 valence electrons. The average Bonchev–Trinajstić information content (AvgIpc) is 2.65. The van der Waals surface area contributed by atoms with E-state index in [-0.39, 0.29) is 5.41 Å². The Morgan fingerprint density at radius 3 is 2.93 bits per heavy atom. The van der Waals surface area contributed by atoms with E-state index in [2.05, 4.69) is 19.2 Å². The topological polar surface area (TPSA) is 29.1 Å². The molecular formula is C12H15NOS. The van der Waals surface area contributed by atoms with Crippen LogP contribution in [0.15, 0.2) is 0 Å². The zero-order valence-corrected chi connectivity index (χ0v) is 9.96. The number of hydrogen-bond donors (Lipinski definition) is 1. The van der Waals surface area contributed by atoms with Crippen molar-refractivity contribution in [2.24, 2.45) is 5.41 Å². The van der Waals surface area contributed by atoms with Gasteiger partial charge in [0.25, 0.3) is 0 Å². The third-order valence-corrected chi connectivity index (χ3v) is 4.75. The van der Waals surface area contributed by atoms with Crippen LogP contribution < -0.4 is 5.32 Å². The highest BCUT2D eigenvalue weighted by atomic mass is 32.1. The van der Waals surface area contributed by atoms with E-state index in [9.17, 15) is 4.79 Å². The SMILES string of the molecule is CC1(C)Cc2c(sc3c2CCNC3)C1=O. The van der Waals surface area contributed by atoms with E-state index in [1.807, 2.05) is 0 Å². The fourth-order valence-electron chi connectivity index (χ4n) is 2.60. The summed E-state index contributed by atoms with van der Waals surface area (Å²) in [6, 6.07) is 0. The summed E-state index contributed by atoms with van der Waals surface area (Å²) in [6.07, 6.45) is 2.05. The van der Waals surface area contributed by atoms with Crippen LogP contribution in [0.4, 0.5) is 0 Å². The lowest BCUT2D eigenvalue weighted by atomic mass is 9.88. The quantitative estimate of drug-likeness (QED) is 0.727. The van der Waals surface area contributed by atoms with Crippen molar-refractivity contribution in [3.05, 3.63) is 20.9 Å². The number of fused-ring (bicyclic) bond motifs is 3. The highest BCUT2D eigenvalue weighted by Gasteiger charge is 2.41. The summed E-state index contributed by atoms with van der Waals surface area (Å²) in [7, 11) is 0. The van der Waals surface area contributed by atoms with Crippen LogP contribution in [0.3, 0.4) is 0 Å². The molecule has 0 unspecified atom stereocenters. The number of carbonyl (C=O) groups excluding carboxylic acids is 1. The van der Waals surface area contributed by atoms with Gasteiger partial charge in [0.15, 0.2) is 5.78 Å². The smallest absolute Gasteiger partial charge is 0.178 e. The van der Waals surface area contributed by atoms with Gasteiger partial charge in [-0.15, -0.1) is 11.3 Å². The van der Waals surface area contributed by atoms with E-state index in [4.69, 9.17) is 0 Å². The van der Waals surface area contributed by atoms with Gasteiger partial charge in [0, 0.05) is 16.8 Å². The van der Waals surface area contributed by atoms with Crippen molar-refractivity contribution in [1.82, 2.24) is 5.32 Å². The van der Waals surface area contributed by atoms with Crippen molar-refractivity contribution < 1.29 is 4.79 Å². The molecule has 0 atom stereocenters. The molecule has 0 aromatic carbocycles. The first-order valence-electron chi connectivity index (χ1n) is 5.48. The van der Waals surface area contributed by atoms with Crippen LogP contribution in [-0.2, 0) is 19.4 Å². The maximum Gasteiger partial charge on any atom is 0.178 e. The Balaban J connectivity index is 2.14. The predicted molar refractivity (Wildman–Crippen MR) is 61.5 cm³/mol. The van der Waals surface area contributed by atoms with Crippen molar-refractivity contribution in [3.63, 3.8) is 0 Å². The Kier molecular flexibility index (Phi) is 1.86. The zero-order chi connectivity index (χ0) is 10.6. The maximum atomic E-state index is 12.1. The molecule has 0 amide bonds. The molecule has 15 heavy (non-hydrogen) atoms. The van der Waals surface area contributed by atoms with Gasteiger partial charge in [-0.25, -0.2) is 0 Å². The fourth-order valence-corrected chi connectivity index (χ4v) is 4.06. The minimum absolute atomic E-state index is 0.152. The van der Waals surface area contributed by atoms with Crippen LogP contribution in [0.25, 0.3) is 0 Å². The largest absolute Gasteiger partial charge is 0.312 e. The summed E-state index contributed by atoms with van der Waals surface area (Å²) in [5, 5.41) is 3.36. The molecule has 0 bridgehead atoms. The molecule has 2 nitrogen and oxygen atoms in total. The molecule has 1 aliphatic heterocycles. The normalized spacial score (nSPS) is 22.7. The molecule has 3 rings (SSSR count). The van der Waals surface area contributed by atoms with Crippen molar-refractivity contribution in [2.75, 3.05) is 6.54 Å². The minimum Gasteiger partial charge on any atom is -0.312 e. The zero-order valence-electron chi connectivity index (χ0n) is 9.14. The molecule has 1 aliphatic carbocycles. The standard InChI is InChI=1S/C12H15NOS/c1-12(2)5-8-7-3-4-13-6-9(7)15-10(8)11(12)14/h13H,3-6H2,1-2H3. The number of ketones is 1. The van der Waals surface area contributed by atoms with Crippen LogP contribution in [-0.4, -0.2) is 12.3 Å². The van der Waals surface area contributed by atoms with Gasteiger partial charge in [-0.05, 0) is 30.5 Å². The van der Waals surface area contributed by atoms with Gasteiger partial charge in [0.2, 0.25) is 0 Å². The highest BCUT2D eigenvalue weighted by Crippen LogP contribution is 2.44. The molecule has 1 aromatic heterocycles. The monoisotopic (exact) mass is 221 g/mol. The average molecular weight is 221 g/mol. The lowest BCUT2D eigenvalue weighted by Crippen LogP contribution is -2.24. The summed E-state index contributed by atoms with van der Waals surface area (Å²) in [5.41, 5.74) is 2.69. The molecule has 0 saturated heterocycles. The molecule has 0 fully saturated rings. The number of carbonyl (C=O) groups is 1. The summed E-state index contributed by atoms with van der Waals surface area (Å²) in [4.78, 5) is 14.6. The first-order chi connectivity index (χ1) is 7.09. The van der Waals surface area contributed by atoms with Crippen LogP contribution in [0.2, 0.25) is 0 Å². The number of hydrogen-bond acceptors (Lipinski definition) is 3. The van der Waals surface area contributed by atoms with Gasteiger partial charge in [-0.3, -0.25) is 4.79 Å². The van der Waals surface area contributed by atoms with Gasteiger partial charge in [-0.1, -0.05) is 13.8 Å². The van der Waals surface area contributed by atoms with Crippen molar-refractivity contribution in [3.8, 4) is 0 Å². The molecule has 0 spiro atoms. The Hall–Kier alpha value is -0.670. The van der Waals surface area contributed by atoms with Gasteiger partial charge in [-0.2, -0.15) is 0 Å². The van der Waals surface area contributed by atoms with Crippen LogP contribution in [0.5, 0.6) is 0 Å². The van der Waals surface area contributed by atoms with E-state index in [1.54, 1.807) is 11.3 Å². The predicted octanol–water partition coefficient (Wildman–Crippen LogP) is 2.16. The highest BCUT2D eigenvalue weighted by molar-refractivity contribution is 7.14. The minimum atomic E-state index is -0.152. The third kappa shape index (κ3) is 1.23. The van der Waals surface area contributed by atoms with E-state index in [0.717, 1.165) is 30.8 Å². The Labute approximate surface area is 93.7 Å². The number of Topliss-reactive ketones (excluding diaryl/α,β-unsaturated/α-hetero) is 1. The van der Waals surface area contributed by atoms with E-state index in [0.29, 0.717) is 5.78 Å². The van der Waals surface area contributed by atoms with Crippen LogP contribution in [0, 0.1) is 5.41 Å². The maximum absolute atomic E-state index is 12.1. The van der Waals surface area contributed by atoms with Gasteiger partial charge in [0.05, 0.1) is 4.88 Å². The summed E-state index contributed by atoms with van der Waals surface area (Å²) in [6.45, 7) is 6.15. The lowest BCUT2D eigenvalue weighted by molar-refractivity contribution is 0.0866. The third-order valence-electron chi connectivity index (χ3n) is 3.48. The number of thiophene rings is 1. The van der Waals surface area contributed by atoms with E-state index < -0.39 is 0 Å². The molecule has 0 saturated carbocycles. The fraction of sp³-hybridized carbons (Fsp3) is 0.583. The van der Waals surface area contributed by atoms with Crippen molar-refractivity contribution in [2.45, 2.75) is 33.2 Å². The lowest BCUT2D eigenvalue weighted by Gasteiger charge is -2.18. The molecule has 0 radical (unpaired) electrons.